The van der Waals surface area contributed by atoms with Crippen molar-refractivity contribution in [3.05, 3.63) is 29.5 Å². The van der Waals surface area contributed by atoms with Crippen molar-refractivity contribution in [2.24, 2.45) is 0 Å². The summed E-state index contributed by atoms with van der Waals surface area (Å²) in [5.41, 5.74) is 3.58. The predicted molar refractivity (Wildman–Crippen MR) is 73.0 cm³/mol. The molecule has 0 saturated heterocycles. The first-order valence-corrected chi connectivity index (χ1v) is 6.21. The minimum atomic E-state index is -0.496. The highest BCUT2D eigenvalue weighted by molar-refractivity contribution is 5.85. The van der Waals surface area contributed by atoms with Gasteiger partial charge in [-0.3, -0.25) is 5.32 Å². The number of ether oxygens (including phenoxy) is 1. The minimum absolute atomic E-state index is 0.496. The molecular formula is C14H20N2O2. The van der Waals surface area contributed by atoms with Gasteiger partial charge in [0.1, 0.15) is 18.6 Å². The van der Waals surface area contributed by atoms with Gasteiger partial charge in [0.05, 0.1) is 0 Å². The average Bonchev–Trinajstić information content (AvgIpc) is 2.60. The molecule has 0 aliphatic rings. The number of rotatable bonds is 5. The number of aliphatic hydroxyl groups excluding tert-OH is 1. The van der Waals surface area contributed by atoms with Crippen LogP contribution in [-0.4, -0.2) is 29.5 Å². The molecule has 4 heteroatoms. The summed E-state index contributed by atoms with van der Waals surface area (Å²) in [4.78, 5) is 3.34. The lowest BCUT2D eigenvalue weighted by molar-refractivity contribution is 0.148. The van der Waals surface area contributed by atoms with Gasteiger partial charge in [-0.1, -0.05) is 0 Å². The molecule has 0 radical (unpaired) electrons. The molecule has 18 heavy (non-hydrogen) atoms. The van der Waals surface area contributed by atoms with E-state index in [-0.39, 0.29) is 0 Å². The molecule has 0 saturated carbocycles. The Morgan fingerprint density at radius 1 is 1.39 bits per heavy atom. The molecule has 0 aliphatic heterocycles. The predicted octanol–water partition coefficient (Wildman–Crippen LogP) is 2.09. The lowest BCUT2D eigenvalue weighted by Gasteiger charge is -2.09. The van der Waals surface area contributed by atoms with Crippen LogP contribution in [0, 0.1) is 13.8 Å². The molecule has 1 heterocycles. The summed E-state index contributed by atoms with van der Waals surface area (Å²) in [6.07, 6.45) is -0.496. The molecule has 1 aromatic heterocycles. The molecular weight excluding hydrogens is 228 g/mol. The highest BCUT2D eigenvalue weighted by Crippen LogP contribution is 2.25. The summed E-state index contributed by atoms with van der Waals surface area (Å²) < 4.78 is 5.62. The Kier molecular flexibility index (Phi) is 3.89. The second-order valence-electron chi connectivity index (χ2n) is 4.56. The summed E-state index contributed by atoms with van der Waals surface area (Å²) >= 11 is 0. The van der Waals surface area contributed by atoms with E-state index in [0.29, 0.717) is 13.2 Å². The van der Waals surface area contributed by atoms with Crippen LogP contribution in [-0.2, 0) is 0 Å². The molecule has 0 spiro atoms. The van der Waals surface area contributed by atoms with E-state index in [1.807, 2.05) is 12.1 Å². The third-order valence-corrected chi connectivity index (χ3v) is 3.09. The van der Waals surface area contributed by atoms with Crippen molar-refractivity contribution in [3.8, 4) is 5.75 Å². The standard InChI is InChI=1S/C14H20N2O2/c1-9-10(2)16-14-8-12(4-5-13(9)14)18-7-6-15-11(3)17/h4-5,8,11,15-17H,6-7H2,1-3H3. The fourth-order valence-electron chi connectivity index (χ4n) is 1.98. The van der Waals surface area contributed by atoms with Gasteiger partial charge in [-0.25, -0.2) is 0 Å². The zero-order valence-electron chi connectivity index (χ0n) is 11.1. The Morgan fingerprint density at radius 2 is 2.17 bits per heavy atom. The first-order chi connectivity index (χ1) is 8.58. The molecule has 1 aromatic carbocycles. The first kappa shape index (κ1) is 12.9. The maximum Gasteiger partial charge on any atom is 0.121 e. The minimum Gasteiger partial charge on any atom is -0.492 e. The molecule has 0 aliphatic carbocycles. The van der Waals surface area contributed by atoms with Crippen LogP contribution in [0.1, 0.15) is 18.2 Å². The molecule has 4 nitrogen and oxygen atoms in total. The number of aryl methyl sites for hydroxylation is 2. The first-order valence-electron chi connectivity index (χ1n) is 6.21. The van der Waals surface area contributed by atoms with Crippen LogP contribution >= 0.6 is 0 Å². The van der Waals surface area contributed by atoms with E-state index in [4.69, 9.17) is 9.84 Å². The maximum atomic E-state index is 9.05. The summed E-state index contributed by atoms with van der Waals surface area (Å²) in [5, 5.41) is 13.2. The van der Waals surface area contributed by atoms with E-state index >= 15 is 0 Å². The zero-order chi connectivity index (χ0) is 13.1. The van der Waals surface area contributed by atoms with Crippen molar-refractivity contribution in [1.29, 1.82) is 0 Å². The van der Waals surface area contributed by atoms with Gasteiger partial charge in [0, 0.05) is 29.2 Å². The van der Waals surface area contributed by atoms with Gasteiger partial charge in [0.2, 0.25) is 0 Å². The highest BCUT2D eigenvalue weighted by atomic mass is 16.5. The molecule has 1 atom stereocenters. The zero-order valence-corrected chi connectivity index (χ0v) is 11.1. The number of hydrogen-bond donors (Lipinski definition) is 3. The third-order valence-electron chi connectivity index (χ3n) is 3.09. The molecule has 0 bridgehead atoms. The molecule has 3 N–H and O–H groups in total. The van der Waals surface area contributed by atoms with Crippen LogP contribution < -0.4 is 10.1 Å². The van der Waals surface area contributed by atoms with Crippen LogP contribution in [0.25, 0.3) is 10.9 Å². The summed E-state index contributed by atoms with van der Waals surface area (Å²) in [5.74, 6) is 0.844. The number of H-pyrrole nitrogens is 1. The Bertz CT molecular complexity index is 532. The summed E-state index contributed by atoms with van der Waals surface area (Å²) in [7, 11) is 0. The Morgan fingerprint density at radius 3 is 2.89 bits per heavy atom. The number of aromatic amines is 1. The van der Waals surface area contributed by atoms with Gasteiger partial charge in [-0.05, 0) is 38.5 Å². The van der Waals surface area contributed by atoms with Crippen molar-refractivity contribution in [2.75, 3.05) is 13.2 Å². The molecule has 1 unspecified atom stereocenters. The summed E-state index contributed by atoms with van der Waals surface area (Å²) in [6, 6.07) is 6.06. The molecule has 98 valence electrons. The van der Waals surface area contributed by atoms with Gasteiger partial charge < -0.3 is 14.8 Å². The van der Waals surface area contributed by atoms with Crippen molar-refractivity contribution in [3.63, 3.8) is 0 Å². The van der Waals surface area contributed by atoms with Crippen LogP contribution in [0.2, 0.25) is 0 Å². The number of fused-ring (bicyclic) bond motifs is 1. The van der Waals surface area contributed by atoms with E-state index < -0.39 is 6.23 Å². The number of aliphatic hydroxyl groups is 1. The van der Waals surface area contributed by atoms with E-state index in [9.17, 15) is 0 Å². The number of aromatic nitrogens is 1. The largest absolute Gasteiger partial charge is 0.492 e. The van der Waals surface area contributed by atoms with Gasteiger partial charge in [-0.2, -0.15) is 0 Å². The topological polar surface area (TPSA) is 57.3 Å². The van der Waals surface area contributed by atoms with E-state index in [1.165, 1.54) is 16.6 Å². The highest BCUT2D eigenvalue weighted by Gasteiger charge is 2.05. The van der Waals surface area contributed by atoms with Crippen LogP contribution in [0.5, 0.6) is 5.75 Å². The van der Waals surface area contributed by atoms with Crippen molar-refractivity contribution in [2.45, 2.75) is 27.0 Å². The van der Waals surface area contributed by atoms with Crippen LogP contribution in [0.15, 0.2) is 18.2 Å². The van der Waals surface area contributed by atoms with Crippen LogP contribution in [0.3, 0.4) is 0 Å². The lowest BCUT2D eigenvalue weighted by atomic mass is 10.1. The van der Waals surface area contributed by atoms with E-state index in [0.717, 1.165) is 11.3 Å². The van der Waals surface area contributed by atoms with Crippen molar-refractivity contribution in [1.82, 2.24) is 10.3 Å². The SMILES string of the molecule is Cc1[nH]c2cc(OCCNC(C)O)ccc2c1C. The second-order valence-corrected chi connectivity index (χ2v) is 4.56. The normalized spacial score (nSPS) is 12.9. The number of benzene rings is 1. The number of nitrogens with one attached hydrogen (secondary N) is 2. The van der Waals surface area contributed by atoms with E-state index in [1.54, 1.807) is 6.92 Å². The summed E-state index contributed by atoms with van der Waals surface area (Å²) in [6.45, 7) is 7.04. The molecule has 0 fully saturated rings. The van der Waals surface area contributed by atoms with E-state index in [2.05, 4.69) is 30.2 Å². The Balaban J connectivity index is 2.02. The number of hydrogen-bond acceptors (Lipinski definition) is 3. The Hall–Kier alpha value is -1.52. The lowest BCUT2D eigenvalue weighted by Crippen LogP contribution is -2.29. The monoisotopic (exact) mass is 248 g/mol. The third kappa shape index (κ3) is 2.83. The van der Waals surface area contributed by atoms with Gasteiger partial charge in [0.25, 0.3) is 0 Å². The van der Waals surface area contributed by atoms with Gasteiger partial charge in [-0.15, -0.1) is 0 Å². The molecule has 2 rings (SSSR count). The smallest absolute Gasteiger partial charge is 0.121 e. The van der Waals surface area contributed by atoms with Crippen molar-refractivity contribution >= 4 is 10.9 Å². The van der Waals surface area contributed by atoms with Crippen molar-refractivity contribution < 1.29 is 9.84 Å². The average molecular weight is 248 g/mol. The quantitative estimate of drug-likeness (QED) is 0.561. The van der Waals surface area contributed by atoms with Crippen LogP contribution in [0.4, 0.5) is 0 Å². The Labute approximate surface area is 107 Å². The molecule has 2 aromatic rings. The fourth-order valence-corrected chi connectivity index (χ4v) is 1.98. The maximum absolute atomic E-state index is 9.05. The fraction of sp³-hybridized carbons (Fsp3) is 0.429. The van der Waals surface area contributed by atoms with Gasteiger partial charge >= 0.3 is 0 Å². The molecule has 0 amide bonds. The van der Waals surface area contributed by atoms with Gasteiger partial charge in [0.15, 0.2) is 0 Å². The second kappa shape index (κ2) is 5.42.